The molecule has 0 unspecified atom stereocenters. The van der Waals surface area contributed by atoms with E-state index in [9.17, 15) is 0 Å². The summed E-state index contributed by atoms with van der Waals surface area (Å²) in [4.78, 5) is 0. The summed E-state index contributed by atoms with van der Waals surface area (Å²) in [6.45, 7) is 0.668. The van der Waals surface area contributed by atoms with E-state index in [0.717, 1.165) is 6.42 Å². The van der Waals surface area contributed by atoms with Gasteiger partial charge in [-0.1, -0.05) is 39.7 Å². The minimum absolute atomic E-state index is 0.668. The predicted octanol–water partition coefficient (Wildman–Crippen LogP) is 2.35. The lowest BCUT2D eigenvalue weighted by Gasteiger charge is -2.00. The second-order valence-corrected chi connectivity index (χ2v) is 3.85. The quantitative estimate of drug-likeness (QED) is 0.778. The third kappa shape index (κ3) is 1.21. The first kappa shape index (κ1) is 8.02. The Morgan fingerprint density at radius 2 is 2.25 bits per heavy atom. The number of rotatable bonds is 1. The molecule has 2 N–H and O–H groups in total. The molecule has 12 heavy (non-hydrogen) atoms. The molecule has 0 saturated carbocycles. The lowest BCUT2D eigenvalue weighted by atomic mass is 10.1. The van der Waals surface area contributed by atoms with Crippen LogP contribution >= 0.6 is 15.9 Å². The van der Waals surface area contributed by atoms with Crippen molar-refractivity contribution in [2.24, 2.45) is 5.73 Å². The Balaban J connectivity index is 2.45. The number of hydrogen-bond donors (Lipinski definition) is 1. The van der Waals surface area contributed by atoms with Crippen LogP contribution in [0.25, 0.3) is 6.08 Å². The Bertz CT molecular complexity index is 342. The maximum absolute atomic E-state index is 5.58. The van der Waals surface area contributed by atoms with Crippen molar-refractivity contribution in [3.63, 3.8) is 0 Å². The van der Waals surface area contributed by atoms with E-state index in [2.05, 4.69) is 40.2 Å². The van der Waals surface area contributed by atoms with Gasteiger partial charge in [-0.05, 0) is 23.6 Å². The first-order valence-corrected chi connectivity index (χ1v) is 4.77. The van der Waals surface area contributed by atoms with Gasteiger partial charge in [-0.2, -0.15) is 0 Å². The topological polar surface area (TPSA) is 26.0 Å². The van der Waals surface area contributed by atoms with Crippen LogP contribution in [0.5, 0.6) is 0 Å². The van der Waals surface area contributed by atoms with Crippen molar-refractivity contribution in [1.29, 1.82) is 0 Å². The highest BCUT2D eigenvalue weighted by Gasteiger charge is 2.13. The molecule has 2 rings (SSSR count). The minimum atomic E-state index is 0.668. The first-order valence-electron chi connectivity index (χ1n) is 3.98. The number of nitrogens with two attached hydrogens (primary N) is 1. The van der Waals surface area contributed by atoms with E-state index in [0.29, 0.717) is 6.54 Å². The van der Waals surface area contributed by atoms with Crippen LogP contribution in [-0.4, -0.2) is 6.54 Å². The van der Waals surface area contributed by atoms with Crippen LogP contribution in [-0.2, 0) is 6.42 Å². The van der Waals surface area contributed by atoms with Gasteiger partial charge in [-0.25, -0.2) is 0 Å². The largest absolute Gasteiger partial charge is 0.327 e. The van der Waals surface area contributed by atoms with Crippen molar-refractivity contribution >= 4 is 22.0 Å². The molecule has 0 heterocycles. The number of benzene rings is 1. The fraction of sp³-hybridized carbons (Fsp3) is 0.200. The van der Waals surface area contributed by atoms with E-state index >= 15 is 0 Å². The fourth-order valence-electron chi connectivity index (χ4n) is 1.53. The van der Waals surface area contributed by atoms with Crippen molar-refractivity contribution < 1.29 is 0 Å². The standard InChI is InChI=1S/C10H10BrN/c11-10-3-1-2-8-4-7(6-12)5-9(8)10/h1-4H,5-6,12H2. The average molecular weight is 224 g/mol. The Hall–Kier alpha value is -0.600. The van der Waals surface area contributed by atoms with Crippen LogP contribution in [0.1, 0.15) is 11.1 Å². The molecule has 1 aliphatic carbocycles. The molecule has 1 aromatic rings. The van der Waals surface area contributed by atoms with Gasteiger partial charge < -0.3 is 5.73 Å². The molecule has 0 aromatic heterocycles. The predicted molar refractivity (Wildman–Crippen MR) is 54.9 cm³/mol. The number of hydrogen-bond acceptors (Lipinski definition) is 1. The lowest BCUT2D eigenvalue weighted by molar-refractivity contribution is 1.07. The van der Waals surface area contributed by atoms with E-state index < -0.39 is 0 Å². The zero-order valence-electron chi connectivity index (χ0n) is 6.68. The van der Waals surface area contributed by atoms with Crippen molar-refractivity contribution in [3.05, 3.63) is 39.4 Å². The summed E-state index contributed by atoms with van der Waals surface area (Å²) in [5.74, 6) is 0. The monoisotopic (exact) mass is 223 g/mol. The molecule has 1 aliphatic rings. The van der Waals surface area contributed by atoms with Crippen molar-refractivity contribution in [3.8, 4) is 0 Å². The van der Waals surface area contributed by atoms with Gasteiger partial charge in [0, 0.05) is 11.0 Å². The molecule has 62 valence electrons. The maximum Gasteiger partial charge on any atom is 0.0216 e. The van der Waals surface area contributed by atoms with E-state index in [1.807, 2.05) is 0 Å². The van der Waals surface area contributed by atoms with Crippen LogP contribution in [0.3, 0.4) is 0 Å². The van der Waals surface area contributed by atoms with Crippen molar-refractivity contribution in [2.75, 3.05) is 6.54 Å². The van der Waals surface area contributed by atoms with Gasteiger partial charge in [0.25, 0.3) is 0 Å². The van der Waals surface area contributed by atoms with Gasteiger partial charge in [0.05, 0.1) is 0 Å². The molecule has 0 spiro atoms. The average Bonchev–Trinajstić information content (AvgIpc) is 2.49. The SMILES string of the molecule is NCC1=Cc2cccc(Br)c2C1. The van der Waals surface area contributed by atoms with Crippen LogP contribution in [0.2, 0.25) is 0 Å². The van der Waals surface area contributed by atoms with Gasteiger partial charge in [-0.15, -0.1) is 0 Å². The van der Waals surface area contributed by atoms with E-state index in [4.69, 9.17) is 5.73 Å². The third-order valence-electron chi connectivity index (χ3n) is 2.18. The first-order chi connectivity index (χ1) is 5.81. The molecular formula is C10H10BrN. The summed E-state index contributed by atoms with van der Waals surface area (Å²) in [5, 5.41) is 0. The molecular weight excluding hydrogens is 214 g/mol. The highest BCUT2D eigenvalue weighted by Crippen LogP contribution is 2.30. The Kier molecular flexibility index (Phi) is 2.03. The summed E-state index contributed by atoms with van der Waals surface area (Å²) in [7, 11) is 0. The molecule has 1 nitrogen and oxygen atoms in total. The molecule has 0 bridgehead atoms. The zero-order chi connectivity index (χ0) is 8.55. The lowest BCUT2D eigenvalue weighted by Crippen LogP contribution is -2.02. The molecule has 0 aliphatic heterocycles. The highest BCUT2D eigenvalue weighted by atomic mass is 79.9. The van der Waals surface area contributed by atoms with Crippen molar-refractivity contribution in [1.82, 2.24) is 0 Å². The van der Waals surface area contributed by atoms with Crippen LogP contribution in [0, 0.1) is 0 Å². The summed E-state index contributed by atoms with van der Waals surface area (Å²) < 4.78 is 1.19. The summed E-state index contributed by atoms with van der Waals surface area (Å²) in [5.41, 5.74) is 9.58. The highest BCUT2D eigenvalue weighted by molar-refractivity contribution is 9.10. The molecule has 0 radical (unpaired) electrons. The zero-order valence-corrected chi connectivity index (χ0v) is 8.26. The van der Waals surface area contributed by atoms with E-state index in [1.165, 1.54) is 21.2 Å². The third-order valence-corrected chi connectivity index (χ3v) is 2.92. The molecule has 2 heteroatoms. The van der Waals surface area contributed by atoms with Gasteiger partial charge in [0.1, 0.15) is 0 Å². The minimum Gasteiger partial charge on any atom is -0.327 e. The molecule has 0 saturated heterocycles. The Morgan fingerprint density at radius 1 is 1.42 bits per heavy atom. The maximum atomic E-state index is 5.58. The van der Waals surface area contributed by atoms with Crippen molar-refractivity contribution in [2.45, 2.75) is 6.42 Å². The van der Waals surface area contributed by atoms with E-state index in [-0.39, 0.29) is 0 Å². The molecule has 0 atom stereocenters. The van der Waals surface area contributed by atoms with Gasteiger partial charge in [0.15, 0.2) is 0 Å². The van der Waals surface area contributed by atoms with Gasteiger partial charge in [0.2, 0.25) is 0 Å². The number of fused-ring (bicyclic) bond motifs is 1. The normalized spacial score (nSPS) is 14.3. The summed E-state index contributed by atoms with van der Waals surface area (Å²) in [6, 6.07) is 6.26. The molecule has 0 fully saturated rings. The smallest absolute Gasteiger partial charge is 0.0216 e. The second-order valence-electron chi connectivity index (χ2n) is 2.99. The summed E-state index contributed by atoms with van der Waals surface area (Å²) >= 11 is 3.53. The Labute approximate surface area is 80.4 Å². The van der Waals surface area contributed by atoms with Gasteiger partial charge >= 0.3 is 0 Å². The van der Waals surface area contributed by atoms with Gasteiger partial charge in [-0.3, -0.25) is 0 Å². The number of halogens is 1. The summed E-state index contributed by atoms with van der Waals surface area (Å²) in [6.07, 6.45) is 3.19. The van der Waals surface area contributed by atoms with Crippen LogP contribution < -0.4 is 5.73 Å². The fourth-order valence-corrected chi connectivity index (χ4v) is 2.05. The van der Waals surface area contributed by atoms with Crippen LogP contribution in [0.4, 0.5) is 0 Å². The Morgan fingerprint density at radius 3 is 2.92 bits per heavy atom. The molecule has 0 amide bonds. The second kappa shape index (κ2) is 3.04. The molecule has 1 aromatic carbocycles. The van der Waals surface area contributed by atoms with E-state index in [1.54, 1.807) is 0 Å². The van der Waals surface area contributed by atoms with Crippen LogP contribution in [0.15, 0.2) is 28.2 Å².